The van der Waals surface area contributed by atoms with Crippen molar-refractivity contribution in [2.75, 3.05) is 39.3 Å². The number of hydrogen-bond acceptors (Lipinski definition) is 6. The highest BCUT2D eigenvalue weighted by atomic mass is 16.4. The topological polar surface area (TPSA) is 114 Å². The molecule has 0 bridgehead atoms. The maximum atomic E-state index is 12.5. The third-order valence-electron chi connectivity index (χ3n) is 9.23. The van der Waals surface area contributed by atoms with Crippen LogP contribution in [0.15, 0.2) is 0 Å². The highest BCUT2D eigenvalue weighted by Crippen LogP contribution is 2.15. The summed E-state index contributed by atoms with van der Waals surface area (Å²) >= 11 is 0. The van der Waals surface area contributed by atoms with Gasteiger partial charge in [-0.3, -0.25) is 29.5 Å². The van der Waals surface area contributed by atoms with Gasteiger partial charge in [0, 0.05) is 59.0 Å². The van der Waals surface area contributed by atoms with Crippen LogP contribution in [0.1, 0.15) is 175 Å². The first-order valence-corrected chi connectivity index (χ1v) is 19.8. The average Bonchev–Trinajstić information content (AvgIpc) is 3.96. The van der Waals surface area contributed by atoms with Crippen molar-refractivity contribution in [2.24, 2.45) is 0 Å². The predicted octanol–water partition coefficient (Wildman–Crippen LogP) is 7.58. The van der Waals surface area contributed by atoms with E-state index in [4.69, 9.17) is 9.90 Å². The van der Waals surface area contributed by atoms with Gasteiger partial charge in [0.1, 0.15) is 0 Å². The van der Waals surface area contributed by atoms with Crippen LogP contribution in [0.25, 0.3) is 0 Å². The lowest BCUT2D eigenvalue weighted by atomic mass is 10.1. The summed E-state index contributed by atoms with van der Waals surface area (Å²) in [5, 5.41) is 17.5. The van der Waals surface area contributed by atoms with Gasteiger partial charge < -0.3 is 15.7 Å². The Morgan fingerprint density at radius 2 is 0.766 bits per heavy atom. The van der Waals surface area contributed by atoms with Crippen molar-refractivity contribution in [3.63, 3.8) is 0 Å². The lowest BCUT2D eigenvalue weighted by Gasteiger charge is -2.28. The van der Waals surface area contributed by atoms with E-state index < -0.39 is 5.97 Å². The Kier molecular flexibility index (Phi) is 28.0. The summed E-state index contributed by atoms with van der Waals surface area (Å²) in [6.07, 6.45) is 30.2. The maximum absolute atomic E-state index is 12.5. The van der Waals surface area contributed by atoms with E-state index in [2.05, 4.69) is 39.6 Å². The lowest BCUT2D eigenvalue weighted by Crippen LogP contribution is -2.55. The zero-order valence-corrected chi connectivity index (χ0v) is 30.9. The normalized spacial score (nSPS) is 15.4. The molecule has 0 aliphatic carbocycles. The highest BCUT2D eigenvalue weighted by Gasteiger charge is 2.34. The molecule has 0 saturated carbocycles. The number of nitrogens with zero attached hydrogens (tertiary/aromatic N) is 2. The second kappa shape index (κ2) is 30.4. The monoisotopic (exact) mass is 666 g/mol. The largest absolute Gasteiger partial charge is 0.481 e. The Morgan fingerprint density at radius 1 is 0.511 bits per heavy atom. The number of aliphatic carboxylic acids is 1. The van der Waals surface area contributed by atoms with Gasteiger partial charge in [0.05, 0.1) is 12.3 Å². The Balaban J connectivity index is 0.00000260. The zero-order valence-electron chi connectivity index (χ0n) is 30.9. The van der Waals surface area contributed by atoms with Gasteiger partial charge in [-0.05, 0) is 12.8 Å². The molecule has 0 radical (unpaired) electrons. The van der Waals surface area contributed by atoms with E-state index in [0.29, 0.717) is 25.9 Å². The number of carboxylic acid groups (broad SMARTS) is 1. The summed E-state index contributed by atoms with van der Waals surface area (Å²) in [6.45, 7) is 11.2. The van der Waals surface area contributed by atoms with Crippen LogP contribution in [0.4, 0.5) is 0 Å². The van der Waals surface area contributed by atoms with Crippen molar-refractivity contribution >= 4 is 17.8 Å². The van der Waals surface area contributed by atoms with E-state index in [1.807, 2.05) is 0 Å². The minimum atomic E-state index is -0.833. The Hall–Kier alpha value is -1.71. The molecule has 2 amide bonds. The fraction of sp³-hybridized carbons (Fsp3) is 0.921. The first-order valence-electron chi connectivity index (χ1n) is 19.8. The van der Waals surface area contributed by atoms with Crippen LogP contribution in [0.5, 0.6) is 0 Å². The number of nitrogens with one attached hydrogen (secondary N) is 3. The van der Waals surface area contributed by atoms with Crippen LogP contribution in [0, 0.1) is 0 Å². The Labute approximate surface area is 289 Å². The van der Waals surface area contributed by atoms with Gasteiger partial charge in [-0.25, -0.2) is 0 Å². The van der Waals surface area contributed by atoms with Crippen LogP contribution in [0.3, 0.4) is 0 Å². The molecule has 2 atom stereocenters. The first-order chi connectivity index (χ1) is 22.9. The van der Waals surface area contributed by atoms with Gasteiger partial charge in [0.25, 0.3) is 5.97 Å². The van der Waals surface area contributed by atoms with Gasteiger partial charge in [-0.15, -0.1) is 0 Å². The van der Waals surface area contributed by atoms with Crippen molar-refractivity contribution < 1.29 is 19.5 Å². The number of amides is 2. The third-order valence-corrected chi connectivity index (χ3v) is 9.23. The van der Waals surface area contributed by atoms with E-state index in [1.165, 1.54) is 116 Å². The standard InChI is InChI=1S/C36H71N5O2.C2H4O2/c1-3-5-7-9-11-13-15-17-19-21-23-25-35(42)37-31-33(40-27-28-40)39-34(41-29-30-41)32-38-36(43)26-24-22-20-18-16-14-12-10-8-6-4-2;1-2(3)4/h33-34,39H,3-32H2,1-2H3,(H,37,42)(H,38,43);1H3,(H,3,4). The van der Waals surface area contributed by atoms with Gasteiger partial charge in [0.2, 0.25) is 11.8 Å². The van der Waals surface area contributed by atoms with E-state index in [0.717, 1.165) is 58.8 Å². The molecule has 2 aliphatic rings. The molecule has 2 rings (SSSR count). The molecule has 2 fully saturated rings. The molecule has 2 saturated heterocycles. The van der Waals surface area contributed by atoms with E-state index in [9.17, 15) is 9.59 Å². The summed E-state index contributed by atoms with van der Waals surface area (Å²) in [5.74, 6) is -0.485. The van der Waals surface area contributed by atoms with Gasteiger partial charge >= 0.3 is 0 Å². The summed E-state index contributed by atoms with van der Waals surface area (Å²) < 4.78 is 0. The lowest BCUT2D eigenvalue weighted by molar-refractivity contribution is -0.134. The minimum Gasteiger partial charge on any atom is -0.481 e. The fourth-order valence-electron chi connectivity index (χ4n) is 6.05. The number of carbonyl (C=O) groups excluding carboxylic acids is 2. The first kappa shape index (κ1) is 43.3. The summed E-state index contributed by atoms with van der Waals surface area (Å²) in [6, 6.07) is 0. The molecule has 0 aromatic heterocycles. The number of carbonyl (C=O) groups is 3. The van der Waals surface area contributed by atoms with Crippen LogP contribution in [0.2, 0.25) is 0 Å². The summed E-state index contributed by atoms with van der Waals surface area (Å²) in [7, 11) is 0. The highest BCUT2D eigenvalue weighted by molar-refractivity contribution is 5.76. The van der Waals surface area contributed by atoms with Crippen molar-refractivity contribution in [2.45, 2.75) is 187 Å². The molecule has 0 aromatic carbocycles. The molecule has 2 unspecified atom stereocenters. The molecule has 47 heavy (non-hydrogen) atoms. The number of hydrogen-bond donors (Lipinski definition) is 4. The van der Waals surface area contributed by atoms with Crippen molar-refractivity contribution in [1.82, 2.24) is 25.8 Å². The second-order valence-electron chi connectivity index (χ2n) is 14.0. The third kappa shape index (κ3) is 29.0. The van der Waals surface area contributed by atoms with Crippen molar-refractivity contribution in [3.8, 4) is 0 Å². The van der Waals surface area contributed by atoms with E-state index >= 15 is 0 Å². The summed E-state index contributed by atoms with van der Waals surface area (Å²) in [5.41, 5.74) is 0. The summed E-state index contributed by atoms with van der Waals surface area (Å²) in [4.78, 5) is 38.8. The van der Waals surface area contributed by atoms with Crippen LogP contribution in [-0.2, 0) is 14.4 Å². The van der Waals surface area contributed by atoms with Crippen molar-refractivity contribution in [3.05, 3.63) is 0 Å². The van der Waals surface area contributed by atoms with Gasteiger partial charge in [-0.1, -0.05) is 142 Å². The maximum Gasteiger partial charge on any atom is 0.300 e. The molecule has 276 valence electrons. The number of unbranched alkanes of at least 4 members (excludes halogenated alkanes) is 20. The van der Waals surface area contributed by atoms with Crippen molar-refractivity contribution in [1.29, 1.82) is 0 Å². The molecule has 9 nitrogen and oxygen atoms in total. The fourth-order valence-corrected chi connectivity index (χ4v) is 6.05. The molecule has 9 heteroatoms. The smallest absolute Gasteiger partial charge is 0.300 e. The Bertz CT molecular complexity index is 715. The molecule has 0 aromatic rings. The van der Waals surface area contributed by atoms with E-state index in [-0.39, 0.29) is 24.1 Å². The quantitative estimate of drug-likeness (QED) is 0.0433. The average molecular weight is 666 g/mol. The number of carboxylic acids is 1. The molecular weight excluding hydrogens is 590 g/mol. The zero-order chi connectivity index (χ0) is 34.4. The molecule has 4 N–H and O–H groups in total. The Morgan fingerprint density at radius 3 is 1.02 bits per heavy atom. The van der Waals surface area contributed by atoms with Crippen LogP contribution >= 0.6 is 0 Å². The molecule has 2 heterocycles. The van der Waals surface area contributed by atoms with Crippen LogP contribution < -0.4 is 16.0 Å². The van der Waals surface area contributed by atoms with E-state index in [1.54, 1.807) is 0 Å². The molecular formula is C38H75N5O4. The minimum absolute atomic E-state index is 0.135. The van der Waals surface area contributed by atoms with Gasteiger partial charge in [-0.2, -0.15) is 0 Å². The van der Waals surface area contributed by atoms with Crippen LogP contribution in [-0.4, -0.2) is 84.3 Å². The second-order valence-corrected chi connectivity index (χ2v) is 14.0. The molecule has 2 aliphatic heterocycles. The predicted molar refractivity (Wildman–Crippen MR) is 195 cm³/mol. The SMILES string of the molecule is CC(=O)O.CCCCCCCCCCCCCC(=O)NCC(NC(CNC(=O)CCCCCCCCCCCCC)N1CC1)N1CC1. The van der Waals surface area contributed by atoms with Gasteiger partial charge in [0.15, 0.2) is 0 Å². The number of rotatable bonds is 32. The molecule has 0 spiro atoms.